The Labute approximate surface area is 186 Å². The molecule has 9 heteroatoms. The van der Waals surface area contributed by atoms with Gasteiger partial charge >= 0.3 is 0 Å². The Morgan fingerprint density at radius 3 is 2.69 bits per heavy atom. The molecule has 164 valence electrons. The van der Waals surface area contributed by atoms with Gasteiger partial charge in [0.15, 0.2) is 0 Å². The lowest BCUT2D eigenvalue weighted by Gasteiger charge is -2.38. The van der Waals surface area contributed by atoms with Crippen LogP contribution in [-0.2, 0) is 0 Å². The summed E-state index contributed by atoms with van der Waals surface area (Å²) in [6, 6.07) is 9.17. The van der Waals surface area contributed by atoms with Crippen LogP contribution in [-0.4, -0.2) is 56.6 Å². The van der Waals surface area contributed by atoms with Crippen molar-refractivity contribution >= 4 is 5.91 Å². The normalized spacial score (nSPS) is 18.1. The highest BCUT2D eigenvalue weighted by Crippen LogP contribution is 2.30. The lowest BCUT2D eigenvalue weighted by molar-refractivity contribution is 0.0368. The lowest BCUT2D eigenvalue weighted by atomic mass is 9.99. The van der Waals surface area contributed by atoms with E-state index in [2.05, 4.69) is 21.3 Å². The van der Waals surface area contributed by atoms with E-state index in [1.165, 1.54) is 11.9 Å². The molecule has 0 spiro atoms. The minimum absolute atomic E-state index is 0.0187. The second kappa shape index (κ2) is 9.06. The average Bonchev–Trinajstić information content (AvgIpc) is 3.35. The number of carbonyl (C=O) groups excluding carboxylic acids is 1. The van der Waals surface area contributed by atoms with Gasteiger partial charge in [-0.1, -0.05) is 6.07 Å². The number of nitriles is 1. The minimum Gasteiger partial charge on any atom is -0.496 e. The molecule has 32 heavy (non-hydrogen) atoms. The number of likely N-dealkylation sites (tertiary alicyclic amines) is 1. The van der Waals surface area contributed by atoms with Gasteiger partial charge in [-0.3, -0.25) is 4.79 Å². The lowest BCUT2D eigenvalue weighted by Crippen LogP contribution is -2.49. The third-order valence-electron chi connectivity index (χ3n) is 5.73. The number of ether oxygens (including phenoxy) is 2. The Kier molecular flexibility index (Phi) is 6.03. The van der Waals surface area contributed by atoms with Gasteiger partial charge in [0.05, 0.1) is 37.7 Å². The molecule has 1 aromatic carbocycles. The molecule has 1 amide bonds. The second-order valence-electron chi connectivity index (χ2n) is 7.70. The molecule has 3 heterocycles. The molecule has 1 aliphatic heterocycles. The number of rotatable bonds is 5. The summed E-state index contributed by atoms with van der Waals surface area (Å²) in [5.41, 5.74) is 2.18. The van der Waals surface area contributed by atoms with E-state index in [9.17, 15) is 10.1 Å². The molecule has 4 rings (SSSR count). The Morgan fingerprint density at radius 2 is 1.97 bits per heavy atom. The van der Waals surface area contributed by atoms with Crippen LogP contribution in [0.4, 0.5) is 0 Å². The van der Waals surface area contributed by atoms with Gasteiger partial charge in [0, 0.05) is 17.8 Å². The van der Waals surface area contributed by atoms with E-state index in [1.807, 2.05) is 13.8 Å². The number of benzene rings is 1. The SMILES string of the molecule is COc1cccc(-n2nccn2)c1C(=O)N1C[C@H](Oc2nccc(C#N)c2C)CC[C@H]1C. The van der Waals surface area contributed by atoms with Crippen molar-refractivity contribution in [2.24, 2.45) is 0 Å². The molecule has 0 bridgehead atoms. The molecule has 1 fully saturated rings. The number of nitrogens with zero attached hydrogens (tertiary/aromatic N) is 6. The van der Waals surface area contributed by atoms with Crippen LogP contribution < -0.4 is 9.47 Å². The molecule has 2 atom stereocenters. The summed E-state index contributed by atoms with van der Waals surface area (Å²) in [6.45, 7) is 4.23. The average molecular weight is 432 g/mol. The zero-order chi connectivity index (χ0) is 22.7. The van der Waals surface area contributed by atoms with E-state index < -0.39 is 0 Å². The van der Waals surface area contributed by atoms with Crippen LogP contribution in [0.15, 0.2) is 42.9 Å². The Bertz CT molecular complexity index is 1160. The van der Waals surface area contributed by atoms with E-state index in [0.29, 0.717) is 40.6 Å². The fraction of sp³-hybridized carbons (Fsp3) is 0.348. The first kappa shape index (κ1) is 21.3. The van der Waals surface area contributed by atoms with Gasteiger partial charge in [0.1, 0.15) is 23.1 Å². The molecule has 3 aromatic rings. The summed E-state index contributed by atoms with van der Waals surface area (Å²) in [4.78, 5) is 21.2. The van der Waals surface area contributed by atoms with Crippen molar-refractivity contribution in [2.45, 2.75) is 38.8 Å². The van der Waals surface area contributed by atoms with Crippen molar-refractivity contribution in [1.29, 1.82) is 5.26 Å². The minimum atomic E-state index is -0.240. The van der Waals surface area contributed by atoms with E-state index in [4.69, 9.17) is 9.47 Å². The summed E-state index contributed by atoms with van der Waals surface area (Å²) >= 11 is 0. The van der Waals surface area contributed by atoms with Crippen LogP contribution in [0.2, 0.25) is 0 Å². The van der Waals surface area contributed by atoms with Crippen molar-refractivity contribution < 1.29 is 14.3 Å². The standard InChI is InChI=1S/C23H24N6O3/c1-15-7-8-18(32-22-16(2)17(13-24)9-10-25-22)14-28(15)23(30)21-19(29-26-11-12-27-29)5-4-6-20(21)31-3/h4-6,9-12,15,18H,7-8,14H2,1-3H3/t15-,18-/m1/s1. The number of aromatic nitrogens is 4. The van der Waals surface area contributed by atoms with Gasteiger partial charge < -0.3 is 14.4 Å². The monoisotopic (exact) mass is 432 g/mol. The van der Waals surface area contributed by atoms with Gasteiger partial charge in [-0.05, 0) is 44.9 Å². The number of piperidine rings is 1. The zero-order valence-corrected chi connectivity index (χ0v) is 18.2. The van der Waals surface area contributed by atoms with Crippen LogP contribution in [0.25, 0.3) is 5.69 Å². The van der Waals surface area contributed by atoms with E-state index in [1.54, 1.807) is 47.8 Å². The molecular formula is C23H24N6O3. The smallest absolute Gasteiger partial charge is 0.260 e. The summed E-state index contributed by atoms with van der Waals surface area (Å²) in [5.74, 6) is 0.708. The third-order valence-corrected chi connectivity index (χ3v) is 5.73. The van der Waals surface area contributed by atoms with Crippen LogP contribution in [0.5, 0.6) is 11.6 Å². The summed E-state index contributed by atoms with van der Waals surface area (Å²) in [5, 5.41) is 17.6. The van der Waals surface area contributed by atoms with Crippen molar-refractivity contribution in [3.05, 3.63) is 59.5 Å². The summed E-state index contributed by atoms with van der Waals surface area (Å²) in [6.07, 6.45) is 6.00. The third kappa shape index (κ3) is 3.99. The number of hydrogen-bond acceptors (Lipinski definition) is 7. The number of hydrogen-bond donors (Lipinski definition) is 0. The van der Waals surface area contributed by atoms with Gasteiger partial charge in [-0.25, -0.2) is 4.98 Å². The topological polar surface area (TPSA) is 106 Å². The van der Waals surface area contributed by atoms with Crippen molar-refractivity contribution in [2.75, 3.05) is 13.7 Å². The van der Waals surface area contributed by atoms with Gasteiger partial charge in [0.2, 0.25) is 5.88 Å². The maximum atomic E-state index is 13.7. The van der Waals surface area contributed by atoms with Crippen LogP contribution in [0.3, 0.4) is 0 Å². The molecule has 9 nitrogen and oxygen atoms in total. The Hall–Kier alpha value is -3.93. The predicted octanol–water partition coefficient (Wildman–Crippen LogP) is 2.92. The quantitative estimate of drug-likeness (QED) is 0.610. The van der Waals surface area contributed by atoms with Crippen molar-refractivity contribution in [3.63, 3.8) is 0 Å². The van der Waals surface area contributed by atoms with Crippen molar-refractivity contribution in [1.82, 2.24) is 24.9 Å². The zero-order valence-electron chi connectivity index (χ0n) is 18.2. The van der Waals surface area contributed by atoms with Gasteiger partial charge in [0.25, 0.3) is 5.91 Å². The maximum Gasteiger partial charge on any atom is 0.260 e. The predicted molar refractivity (Wildman–Crippen MR) is 116 cm³/mol. The van der Waals surface area contributed by atoms with Crippen LogP contribution in [0.1, 0.15) is 41.3 Å². The number of pyridine rings is 1. The van der Waals surface area contributed by atoms with Crippen LogP contribution >= 0.6 is 0 Å². The number of methoxy groups -OCH3 is 1. The first-order chi connectivity index (χ1) is 15.5. The highest BCUT2D eigenvalue weighted by molar-refractivity contribution is 6.00. The summed E-state index contributed by atoms with van der Waals surface area (Å²) < 4.78 is 11.6. The fourth-order valence-corrected chi connectivity index (χ4v) is 3.92. The Balaban J connectivity index is 1.63. The van der Waals surface area contributed by atoms with Crippen LogP contribution in [0, 0.1) is 18.3 Å². The molecule has 1 aliphatic rings. The largest absolute Gasteiger partial charge is 0.496 e. The number of carbonyl (C=O) groups is 1. The summed E-state index contributed by atoms with van der Waals surface area (Å²) in [7, 11) is 1.54. The molecule has 0 aliphatic carbocycles. The highest BCUT2D eigenvalue weighted by Gasteiger charge is 2.34. The first-order valence-corrected chi connectivity index (χ1v) is 10.4. The van der Waals surface area contributed by atoms with Crippen molar-refractivity contribution in [3.8, 4) is 23.4 Å². The van der Waals surface area contributed by atoms with E-state index in [0.717, 1.165) is 12.8 Å². The van der Waals surface area contributed by atoms with E-state index in [-0.39, 0.29) is 18.1 Å². The molecular weight excluding hydrogens is 408 g/mol. The first-order valence-electron chi connectivity index (χ1n) is 10.4. The maximum absolute atomic E-state index is 13.7. The second-order valence-corrected chi connectivity index (χ2v) is 7.70. The molecule has 0 unspecified atom stereocenters. The van der Waals surface area contributed by atoms with E-state index >= 15 is 0 Å². The van der Waals surface area contributed by atoms with Gasteiger partial charge in [-0.15, -0.1) is 0 Å². The number of amides is 1. The molecule has 2 aromatic heterocycles. The van der Waals surface area contributed by atoms with Gasteiger partial charge in [-0.2, -0.15) is 20.3 Å². The molecule has 0 N–H and O–H groups in total. The molecule has 0 saturated carbocycles. The highest BCUT2D eigenvalue weighted by atomic mass is 16.5. The fourth-order valence-electron chi connectivity index (χ4n) is 3.92. The molecule has 0 radical (unpaired) electrons. The molecule has 1 saturated heterocycles. The Morgan fingerprint density at radius 1 is 1.19 bits per heavy atom.